The number of benzene rings is 2. The standard InChI is InChI=1S/C21H24N4O2S/c1-3-22-21(28)24-23-14-16-15-25(20-7-5-4-6-19(16)20)12-13-27-18-10-8-17(26-2)9-11-18/h4-11,14-15H,3,12-13H2,1-2H3,(H2,22,24,28). The van der Waals surface area contributed by atoms with Gasteiger partial charge in [-0.15, -0.1) is 0 Å². The van der Waals surface area contributed by atoms with Gasteiger partial charge in [-0.1, -0.05) is 18.2 Å². The van der Waals surface area contributed by atoms with Gasteiger partial charge in [0.05, 0.1) is 19.9 Å². The third-order valence-corrected chi connectivity index (χ3v) is 4.42. The molecule has 2 N–H and O–H groups in total. The Morgan fingerprint density at radius 3 is 2.64 bits per heavy atom. The number of hydrogen-bond acceptors (Lipinski definition) is 4. The zero-order valence-electron chi connectivity index (χ0n) is 16.0. The van der Waals surface area contributed by atoms with Gasteiger partial charge in [-0.05, 0) is 49.5 Å². The van der Waals surface area contributed by atoms with Gasteiger partial charge in [0, 0.05) is 29.2 Å². The SMILES string of the molecule is CCNC(=S)NN=Cc1cn(CCOc2ccc(OC)cc2)c2ccccc12. The largest absolute Gasteiger partial charge is 0.497 e. The van der Waals surface area contributed by atoms with Crippen LogP contribution in [0.4, 0.5) is 0 Å². The van der Waals surface area contributed by atoms with Crippen LogP contribution in [0.1, 0.15) is 12.5 Å². The van der Waals surface area contributed by atoms with Crippen molar-refractivity contribution in [2.45, 2.75) is 13.5 Å². The molecular formula is C21H24N4O2S. The van der Waals surface area contributed by atoms with Crippen molar-refractivity contribution in [3.8, 4) is 11.5 Å². The number of para-hydroxylation sites is 1. The fraction of sp³-hybridized carbons (Fsp3) is 0.238. The Labute approximate surface area is 170 Å². The topological polar surface area (TPSA) is 59.8 Å². The fourth-order valence-corrected chi connectivity index (χ4v) is 3.05. The van der Waals surface area contributed by atoms with Crippen molar-refractivity contribution in [3.63, 3.8) is 0 Å². The number of thiocarbonyl (C=S) groups is 1. The van der Waals surface area contributed by atoms with E-state index in [0.29, 0.717) is 11.7 Å². The Bertz CT molecular complexity index is 951. The van der Waals surface area contributed by atoms with Crippen molar-refractivity contribution in [2.24, 2.45) is 5.10 Å². The lowest BCUT2D eigenvalue weighted by molar-refractivity contribution is 0.300. The molecule has 0 unspecified atom stereocenters. The number of rotatable bonds is 8. The number of fused-ring (bicyclic) bond motifs is 1. The summed E-state index contributed by atoms with van der Waals surface area (Å²) in [5.74, 6) is 1.63. The molecule has 2 aromatic carbocycles. The Morgan fingerprint density at radius 2 is 1.89 bits per heavy atom. The summed E-state index contributed by atoms with van der Waals surface area (Å²) in [4.78, 5) is 0. The van der Waals surface area contributed by atoms with Crippen molar-refractivity contribution >= 4 is 34.4 Å². The number of methoxy groups -OCH3 is 1. The van der Waals surface area contributed by atoms with E-state index in [4.69, 9.17) is 21.7 Å². The molecule has 0 spiro atoms. The minimum Gasteiger partial charge on any atom is -0.497 e. The van der Waals surface area contributed by atoms with Gasteiger partial charge < -0.3 is 19.4 Å². The summed E-state index contributed by atoms with van der Waals surface area (Å²) in [7, 11) is 1.65. The molecule has 0 atom stereocenters. The first-order valence-corrected chi connectivity index (χ1v) is 9.53. The maximum Gasteiger partial charge on any atom is 0.186 e. The number of nitrogens with one attached hydrogen (secondary N) is 2. The minimum atomic E-state index is 0.510. The van der Waals surface area contributed by atoms with Gasteiger partial charge in [0.1, 0.15) is 18.1 Å². The van der Waals surface area contributed by atoms with E-state index in [1.807, 2.05) is 43.3 Å². The summed E-state index contributed by atoms with van der Waals surface area (Å²) in [6.45, 7) is 4.03. The van der Waals surface area contributed by atoms with Crippen LogP contribution in [0.15, 0.2) is 59.8 Å². The fourth-order valence-electron chi connectivity index (χ4n) is 2.86. The molecule has 0 fully saturated rings. The Balaban J connectivity index is 1.67. The van der Waals surface area contributed by atoms with Crippen LogP contribution < -0.4 is 20.2 Å². The number of hydrogen-bond donors (Lipinski definition) is 2. The van der Waals surface area contributed by atoms with E-state index < -0.39 is 0 Å². The van der Waals surface area contributed by atoms with Gasteiger partial charge >= 0.3 is 0 Å². The number of aromatic nitrogens is 1. The second kappa shape index (κ2) is 9.75. The predicted molar refractivity (Wildman–Crippen MR) is 117 cm³/mol. The van der Waals surface area contributed by atoms with Crippen LogP contribution in [0.3, 0.4) is 0 Å². The first-order valence-electron chi connectivity index (χ1n) is 9.13. The van der Waals surface area contributed by atoms with E-state index in [2.05, 4.69) is 38.7 Å². The summed E-state index contributed by atoms with van der Waals surface area (Å²) in [5.41, 5.74) is 4.98. The third kappa shape index (κ3) is 5.01. The first kappa shape index (κ1) is 19.7. The molecule has 1 aromatic heterocycles. The first-order chi connectivity index (χ1) is 13.7. The molecule has 3 rings (SSSR count). The highest BCUT2D eigenvalue weighted by Crippen LogP contribution is 2.21. The number of nitrogens with zero attached hydrogens (tertiary/aromatic N) is 2. The molecule has 1 heterocycles. The molecule has 0 bridgehead atoms. The van der Waals surface area contributed by atoms with Crippen LogP contribution in [-0.4, -0.2) is 36.2 Å². The van der Waals surface area contributed by atoms with E-state index in [-0.39, 0.29) is 0 Å². The molecule has 0 radical (unpaired) electrons. The van der Waals surface area contributed by atoms with Crippen LogP contribution >= 0.6 is 12.2 Å². The Hall–Kier alpha value is -3.06. The molecule has 0 aliphatic heterocycles. The Morgan fingerprint density at radius 1 is 1.14 bits per heavy atom. The van der Waals surface area contributed by atoms with Crippen molar-refractivity contribution in [2.75, 3.05) is 20.3 Å². The van der Waals surface area contributed by atoms with Crippen molar-refractivity contribution in [3.05, 3.63) is 60.3 Å². The third-order valence-electron chi connectivity index (χ3n) is 4.19. The van der Waals surface area contributed by atoms with Crippen molar-refractivity contribution in [1.82, 2.24) is 15.3 Å². The lowest BCUT2D eigenvalue weighted by atomic mass is 10.2. The van der Waals surface area contributed by atoms with E-state index in [0.717, 1.165) is 41.1 Å². The highest BCUT2D eigenvalue weighted by Gasteiger charge is 2.07. The summed E-state index contributed by atoms with van der Waals surface area (Å²) in [6.07, 6.45) is 3.86. The van der Waals surface area contributed by atoms with Gasteiger partial charge in [-0.2, -0.15) is 5.10 Å². The number of ether oxygens (including phenoxy) is 2. The molecule has 0 saturated carbocycles. The van der Waals surface area contributed by atoms with Crippen molar-refractivity contribution < 1.29 is 9.47 Å². The molecule has 28 heavy (non-hydrogen) atoms. The van der Waals surface area contributed by atoms with Crippen LogP contribution in [0.2, 0.25) is 0 Å². The van der Waals surface area contributed by atoms with Gasteiger partial charge in [0.15, 0.2) is 5.11 Å². The molecule has 0 aliphatic carbocycles. The van der Waals surface area contributed by atoms with Gasteiger partial charge in [0.25, 0.3) is 0 Å². The van der Waals surface area contributed by atoms with Gasteiger partial charge in [-0.25, -0.2) is 0 Å². The summed E-state index contributed by atoms with van der Waals surface area (Å²) < 4.78 is 13.2. The second-order valence-electron chi connectivity index (χ2n) is 6.05. The van der Waals surface area contributed by atoms with Crippen LogP contribution in [0.25, 0.3) is 10.9 Å². The zero-order chi connectivity index (χ0) is 19.8. The summed E-state index contributed by atoms with van der Waals surface area (Å²) in [5, 5.41) is 8.88. The predicted octanol–water partition coefficient (Wildman–Crippen LogP) is 3.55. The molecule has 3 aromatic rings. The highest BCUT2D eigenvalue weighted by molar-refractivity contribution is 7.80. The summed E-state index contributed by atoms with van der Waals surface area (Å²) >= 11 is 5.12. The monoisotopic (exact) mass is 396 g/mol. The quantitative estimate of drug-likeness (QED) is 0.346. The van der Waals surface area contributed by atoms with Gasteiger partial charge in [-0.3, -0.25) is 5.43 Å². The minimum absolute atomic E-state index is 0.510. The smallest absolute Gasteiger partial charge is 0.186 e. The highest BCUT2D eigenvalue weighted by atomic mass is 32.1. The second-order valence-corrected chi connectivity index (χ2v) is 6.46. The molecule has 0 aliphatic rings. The normalized spacial score (nSPS) is 10.9. The molecule has 6 nitrogen and oxygen atoms in total. The maximum absolute atomic E-state index is 5.86. The van der Waals surface area contributed by atoms with Crippen LogP contribution in [0, 0.1) is 0 Å². The van der Waals surface area contributed by atoms with Crippen molar-refractivity contribution in [1.29, 1.82) is 0 Å². The molecule has 0 amide bonds. The molecule has 0 saturated heterocycles. The van der Waals surface area contributed by atoms with E-state index in [9.17, 15) is 0 Å². The maximum atomic E-state index is 5.86. The summed E-state index contributed by atoms with van der Waals surface area (Å²) in [6, 6.07) is 15.8. The molecular weight excluding hydrogens is 372 g/mol. The lowest BCUT2D eigenvalue weighted by Gasteiger charge is -2.09. The zero-order valence-corrected chi connectivity index (χ0v) is 16.8. The van der Waals surface area contributed by atoms with E-state index >= 15 is 0 Å². The van der Waals surface area contributed by atoms with Crippen LogP contribution in [-0.2, 0) is 6.54 Å². The van der Waals surface area contributed by atoms with Gasteiger partial charge in [0.2, 0.25) is 0 Å². The number of hydrazone groups is 1. The van der Waals surface area contributed by atoms with E-state index in [1.165, 1.54) is 0 Å². The van der Waals surface area contributed by atoms with Crippen LogP contribution in [0.5, 0.6) is 11.5 Å². The average Bonchev–Trinajstić information content (AvgIpc) is 3.07. The van der Waals surface area contributed by atoms with E-state index in [1.54, 1.807) is 13.3 Å². The Kier molecular flexibility index (Phi) is 6.86. The average molecular weight is 397 g/mol. The molecule has 146 valence electrons. The lowest BCUT2D eigenvalue weighted by Crippen LogP contribution is -2.31. The molecule has 7 heteroatoms.